The number of ether oxygens (including phenoxy) is 1. The predicted octanol–water partition coefficient (Wildman–Crippen LogP) is -0.380. The van der Waals surface area contributed by atoms with Gasteiger partial charge in [0.1, 0.15) is 18.2 Å². The molecule has 0 radical (unpaired) electrons. The summed E-state index contributed by atoms with van der Waals surface area (Å²) in [6, 6.07) is 8.45. The Labute approximate surface area is 146 Å². The number of nitrogens with one attached hydrogen (secondary N) is 1. The first-order valence-electron chi connectivity index (χ1n) is 8.17. The molecule has 138 valence electrons. The van der Waals surface area contributed by atoms with E-state index < -0.39 is 43.4 Å². The van der Waals surface area contributed by atoms with E-state index in [2.05, 4.69) is 5.32 Å². The molecule has 8 heteroatoms. The molecule has 8 nitrogen and oxygen atoms in total. The predicted molar refractivity (Wildman–Crippen MR) is 88.5 cm³/mol. The van der Waals surface area contributed by atoms with Gasteiger partial charge in [-0.15, -0.1) is 0 Å². The lowest BCUT2D eigenvalue weighted by Gasteiger charge is -2.32. The number of likely N-dealkylation sites (tertiary alicyclic amines) is 1. The molecule has 0 spiro atoms. The Balaban J connectivity index is 1.96. The van der Waals surface area contributed by atoms with Gasteiger partial charge in [0.05, 0.1) is 19.8 Å². The van der Waals surface area contributed by atoms with Gasteiger partial charge in [-0.05, 0) is 18.4 Å². The number of hydrogen-bond donors (Lipinski definition) is 4. The average Bonchev–Trinajstić information content (AvgIpc) is 3.15. The molecule has 25 heavy (non-hydrogen) atoms. The standard InChI is InChI=1S/C17H24N2O6/c20-10-17(11-21,12-22)18-15(23)14-7-4-8-19(14)16(24)25-9-13-5-2-1-3-6-13/h1-3,5-6,14,20-22H,4,7-12H2,(H,18,23)/t14-/m0/s1. The van der Waals surface area contributed by atoms with E-state index in [1.807, 2.05) is 30.3 Å². The molecule has 1 atom stereocenters. The van der Waals surface area contributed by atoms with Crippen LogP contribution in [0.15, 0.2) is 30.3 Å². The van der Waals surface area contributed by atoms with Crippen molar-refractivity contribution in [1.82, 2.24) is 10.2 Å². The largest absolute Gasteiger partial charge is 0.445 e. The highest BCUT2D eigenvalue weighted by Gasteiger charge is 2.39. The van der Waals surface area contributed by atoms with Crippen LogP contribution in [0.3, 0.4) is 0 Å². The van der Waals surface area contributed by atoms with Crippen LogP contribution in [0.1, 0.15) is 18.4 Å². The van der Waals surface area contributed by atoms with Gasteiger partial charge >= 0.3 is 6.09 Å². The fourth-order valence-electron chi connectivity index (χ4n) is 2.67. The average molecular weight is 352 g/mol. The smallest absolute Gasteiger partial charge is 0.410 e. The number of aliphatic hydroxyl groups excluding tert-OH is 3. The third-order valence-corrected chi connectivity index (χ3v) is 4.29. The summed E-state index contributed by atoms with van der Waals surface area (Å²) in [5.41, 5.74) is -0.671. The molecule has 1 aliphatic rings. The number of carbonyl (C=O) groups excluding carboxylic acids is 2. The van der Waals surface area contributed by atoms with Crippen LogP contribution in [-0.2, 0) is 16.1 Å². The molecule has 0 saturated carbocycles. The van der Waals surface area contributed by atoms with E-state index >= 15 is 0 Å². The second kappa shape index (κ2) is 8.80. The molecule has 2 amide bonds. The van der Waals surface area contributed by atoms with Crippen molar-refractivity contribution in [3.63, 3.8) is 0 Å². The minimum atomic E-state index is -1.51. The Morgan fingerprint density at radius 1 is 1.16 bits per heavy atom. The fraction of sp³-hybridized carbons (Fsp3) is 0.529. The topological polar surface area (TPSA) is 119 Å². The second-order valence-corrected chi connectivity index (χ2v) is 6.14. The molecular weight excluding hydrogens is 328 g/mol. The first kappa shape index (κ1) is 19.2. The number of rotatable bonds is 7. The number of nitrogens with zero attached hydrogens (tertiary/aromatic N) is 1. The van der Waals surface area contributed by atoms with Crippen molar-refractivity contribution in [2.24, 2.45) is 0 Å². The summed E-state index contributed by atoms with van der Waals surface area (Å²) < 4.78 is 5.26. The van der Waals surface area contributed by atoms with Crippen LogP contribution in [0, 0.1) is 0 Å². The fourth-order valence-corrected chi connectivity index (χ4v) is 2.67. The third kappa shape index (κ3) is 4.68. The number of benzene rings is 1. The van der Waals surface area contributed by atoms with E-state index in [4.69, 9.17) is 4.74 Å². The Bertz CT molecular complexity index is 567. The molecular formula is C17H24N2O6. The summed E-state index contributed by atoms with van der Waals surface area (Å²) in [5, 5.41) is 30.4. The zero-order valence-electron chi connectivity index (χ0n) is 13.9. The third-order valence-electron chi connectivity index (χ3n) is 4.29. The zero-order chi connectivity index (χ0) is 18.3. The van der Waals surface area contributed by atoms with Crippen LogP contribution in [0.25, 0.3) is 0 Å². The van der Waals surface area contributed by atoms with Crippen molar-refractivity contribution in [3.8, 4) is 0 Å². The molecule has 0 unspecified atom stereocenters. The van der Waals surface area contributed by atoms with E-state index in [-0.39, 0.29) is 6.61 Å². The van der Waals surface area contributed by atoms with Crippen LogP contribution in [0.2, 0.25) is 0 Å². The van der Waals surface area contributed by atoms with E-state index in [1.54, 1.807) is 0 Å². The summed E-state index contributed by atoms with van der Waals surface area (Å²) in [6.07, 6.45) is 0.497. The number of carbonyl (C=O) groups is 2. The Morgan fingerprint density at radius 3 is 2.40 bits per heavy atom. The SMILES string of the molecule is O=C(NC(CO)(CO)CO)[C@@H]1CCCN1C(=O)OCc1ccccc1. The first-order valence-corrected chi connectivity index (χ1v) is 8.17. The van der Waals surface area contributed by atoms with Crippen molar-refractivity contribution < 1.29 is 29.6 Å². The van der Waals surface area contributed by atoms with Gasteiger partial charge in [-0.1, -0.05) is 30.3 Å². The lowest BCUT2D eigenvalue weighted by atomic mass is 10.0. The van der Waals surface area contributed by atoms with E-state index in [9.17, 15) is 24.9 Å². The minimum Gasteiger partial charge on any atom is -0.445 e. The quantitative estimate of drug-likeness (QED) is 0.531. The van der Waals surface area contributed by atoms with E-state index in [0.29, 0.717) is 19.4 Å². The number of amides is 2. The summed E-state index contributed by atoms with van der Waals surface area (Å²) in [4.78, 5) is 26.0. The Kier molecular flexibility index (Phi) is 6.74. The van der Waals surface area contributed by atoms with Crippen LogP contribution in [0.4, 0.5) is 4.79 Å². The van der Waals surface area contributed by atoms with Crippen molar-refractivity contribution in [3.05, 3.63) is 35.9 Å². The molecule has 0 aliphatic carbocycles. The maximum absolute atomic E-state index is 12.4. The van der Waals surface area contributed by atoms with Gasteiger partial charge in [0.2, 0.25) is 5.91 Å². The van der Waals surface area contributed by atoms with Crippen molar-refractivity contribution in [2.75, 3.05) is 26.4 Å². The Morgan fingerprint density at radius 2 is 1.80 bits per heavy atom. The molecule has 4 N–H and O–H groups in total. The van der Waals surface area contributed by atoms with Crippen molar-refractivity contribution in [1.29, 1.82) is 0 Å². The summed E-state index contributed by atoms with van der Waals surface area (Å²) in [6.45, 7) is -1.35. The lowest BCUT2D eigenvalue weighted by molar-refractivity contribution is -0.129. The maximum atomic E-state index is 12.4. The van der Waals surface area contributed by atoms with Crippen LogP contribution >= 0.6 is 0 Å². The summed E-state index contributed by atoms with van der Waals surface area (Å²) in [7, 11) is 0. The first-order chi connectivity index (χ1) is 12.0. The van der Waals surface area contributed by atoms with Crippen LogP contribution < -0.4 is 5.32 Å². The molecule has 1 saturated heterocycles. The molecule has 1 heterocycles. The maximum Gasteiger partial charge on any atom is 0.410 e. The molecule has 2 rings (SSSR count). The normalized spacial score (nSPS) is 17.4. The highest BCUT2D eigenvalue weighted by Crippen LogP contribution is 2.20. The minimum absolute atomic E-state index is 0.109. The van der Waals surface area contributed by atoms with E-state index in [0.717, 1.165) is 5.56 Å². The van der Waals surface area contributed by atoms with Crippen LogP contribution in [0.5, 0.6) is 0 Å². The summed E-state index contributed by atoms with van der Waals surface area (Å²) in [5.74, 6) is -0.536. The summed E-state index contributed by atoms with van der Waals surface area (Å²) >= 11 is 0. The van der Waals surface area contributed by atoms with Gasteiger partial charge in [-0.25, -0.2) is 4.79 Å². The van der Waals surface area contributed by atoms with Crippen molar-refractivity contribution in [2.45, 2.75) is 31.0 Å². The van der Waals surface area contributed by atoms with Gasteiger partial charge in [-0.3, -0.25) is 9.69 Å². The van der Waals surface area contributed by atoms with Gasteiger partial charge in [-0.2, -0.15) is 0 Å². The molecule has 1 aliphatic heterocycles. The Hall–Kier alpha value is -2.16. The van der Waals surface area contributed by atoms with Gasteiger partial charge in [0.15, 0.2) is 0 Å². The van der Waals surface area contributed by atoms with Gasteiger partial charge in [0, 0.05) is 6.54 Å². The molecule has 1 fully saturated rings. The number of hydrogen-bond acceptors (Lipinski definition) is 6. The monoisotopic (exact) mass is 352 g/mol. The van der Waals surface area contributed by atoms with E-state index in [1.165, 1.54) is 4.90 Å². The van der Waals surface area contributed by atoms with Crippen molar-refractivity contribution >= 4 is 12.0 Å². The molecule has 1 aromatic rings. The van der Waals surface area contributed by atoms with Gasteiger partial charge < -0.3 is 25.4 Å². The molecule has 0 aromatic heterocycles. The van der Waals surface area contributed by atoms with Gasteiger partial charge in [0.25, 0.3) is 0 Å². The van der Waals surface area contributed by atoms with Crippen LogP contribution in [-0.4, -0.2) is 70.2 Å². The molecule has 1 aromatic carbocycles. The lowest BCUT2D eigenvalue weighted by Crippen LogP contribution is -2.60. The highest BCUT2D eigenvalue weighted by molar-refractivity contribution is 5.86. The second-order valence-electron chi connectivity index (χ2n) is 6.14. The number of aliphatic hydroxyl groups is 3. The molecule has 0 bridgehead atoms. The highest BCUT2D eigenvalue weighted by atomic mass is 16.6. The zero-order valence-corrected chi connectivity index (χ0v) is 13.9.